The van der Waals surface area contributed by atoms with Crippen LogP contribution in [-0.4, -0.2) is 54.2 Å². The topological polar surface area (TPSA) is 32.8 Å². The van der Waals surface area contributed by atoms with Gasteiger partial charge in [0, 0.05) is 32.7 Å². The fourth-order valence-electron chi connectivity index (χ4n) is 2.83. The maximum atomic E-state index is 12.1. The van der Waals surface area contributed by atoms with E-state index in [-0.39, 0.29) is 6.09 Å². The number of carbonyl (C=O) groups is 1. The molecule has 23 heavy (non-hydrogen) atoms. The van der Waals surface area contributed by atoms with E-state index in [0.717, 1.165) is 39.1 Å². The lowest BCUT2D eigenvalue weighted by Gasteiger charge is -2.35. The van der Waals surface area contributed by atoms with Crippen molar-refractivity contribution in [2.75, 3.05) is 32.7 Å². The predicted molar refractivity (Wildman–Crippen MR) is 93.9 cm³/mol. The molecule has 1 saturated heterocycles. The first kappa shape index (κ1) is 17.8. The second-order valence-corrected chi connectivity index (χ2v) is 7.49. The molecule has 1 amide bonds. The Morgan fingerprint density at radius 2 is 1.78 bits per heavy atom. The highest BCUT2D eigenvalue weighted by Crippen LogP contribution is 2.14. The van der Waals surface area contributed by atoms with Gasteiger partial charge in [-0.1, -0.05) is 23.8 Å². The van der Waals surface area contributed by atoms with Crippen molar-refractivity contribution in [1.82, 2.24) is 9.80 Å². The normalized spacial score (nSPS) is 16.5. The smallest absolute Gasteiger partial charge is 0.410 e. The molecule has 128 valence electrons. The van der Waals surface area contributed by atoms with Gasteiger partial charge < -0.3 is 9.64 Å². The summed E-state index contributed by atoms with van der Waals surface area (Å²) in [4.78, 5) is 16.3. The zero-order valence-electron chi connectivity index (χ0n) is 15.2. The molecule has 2 rings (SSSR count). The summed E-state index contributed by atoms with van der Waals surface area (Å²) in [6, 6.07) is 6.65. The third-order valence-electron chi connectivity index (χ3n) is 4.23. The fourth-order valence-corrected chi connectivity index (χ4v) is 2.83. The van der Waals surface area contributed by atoms with Crippen molar-refractivity contribution >= 4 is 6.09 Å². The van der Waals surface area contributed by atoms with Crippen molar-refractivity contribution in [2.45, 2.75) is 46.6 Å². The minimum Gasteiger partial charge on any atom is -0.444 e. The monoisotopic (exact) mass is 318 g/mol. The van der Waals surface area contributed by atoms with Gasteiger partial charge in [0.1, 0.15) is 5.60 Å². The van der Waals surface area contributed by atoms with Crippen LogP contribution in [0.2, 0.25) is 0 Å². The summed E-state index contributed by atoms with van der Waals surface area (Å²) in [5.41, 5.74) is 3.69. The second kappa shape index (κ2) is 7.35. The Balaban J connectivity index is 1.79. The molecule has 0 radical (unpaired) electrons. The maximum Gasteiger partial charge on any atom is 0.410 e. The van der Waals surface area contributed by atoms with Gasteiger partial charge in [0.15, 0.2) is 0 Å². The van der Waals surface area contributed by atoms with Gasteiger partial charge in [0.25, 0.3) is 0 Å². The first-order valence-corrected chi connectivity index (χ1v) is 8.51. The molecular formula is C19H30N2O2. The van der Waals surface area contributed by atoms with Crippen molar-refractivity contribution in [1.29, 1.82) is 0 Å². The number of aryl methyl sites for hydroxylation is 2. The van der Waals surface area contributed by atoms with Gasteiger partial charge in [0.05, 0.1) is 0 Å². The van der Waals surface area contributed by atoms with Crippen LogP contribution < -0.4 is 0 Å². The Morgan fingerprint density at radius 3 is 2.39 bits per heavy atom. The van der Waals surface area contributed by atoms with Crippen LogP contribution in [0.3, 0.4) is 0 Å². The molecule has 0 aromatic heterocycles. The highest BCUT2D eigenvalue weighted by Gasteiger charge is 2.25. The summed E-state index contributed by atoms with van der Waals surface area (Å²) in [7, 11) is 0. The predicted octanol–water partition coefficient (Wildman–Crippen LogP) is 3.40. The molecule has 1 aromatic rings. The summed E-state index contributed by atoms with van der Waals surface area (Å²) < 4.78 is 5.44. The summed E-state index contributed by atoms with van der Waals surface area (Å²) in [5, 5.41) is 0. The molecule has 0 spiro atoms. The third kappa shape index (κ3) is 5.54. The summed E-state index contributed by atoms with van der Waals surface area (Å²) in [6.45, 7) is 14.4. The van der Waals surface area contributed by atoms with Gasteiger partial charge >= 0.3 is 6.09 Å². The number of hydrogen-bond donors (Lipinski definition) is 0. The first-order valence-electron chi connectivity index (χ1n) is 8.51. The first-order chi connectivity index (χ1) is 10.7. The fraction of sp³-hybridized carbons (Fsp3) is 0.632. The standard InChI is InChI=1S/C19H30N2O2/c1-15-6-7-16(2)17(14-15)8-9-20-10-12-21(13-11-20)18(22)23-19(3,4)5/h6-7,14H,8-13H2,1-5H3. The van der Waals surface area contributed by atoms with Gasteiger partial charge in [-0.15, -0.1) is 0 Å². The van der Waals surface area contributed by atoms with Crippen LogP contribution >= 0.6 is 0 Å². The van der Waals surface area contributed by atoms with Crippen LogP contribution in [0.25, 0.3) is 0 Å². The van der Waals surface area contributed by atoms with E-state index in [1.807, 2.05) is 25.7 Å². The zero-order valence-corrected chi connectivity index (χ0v) is 15.2. The Labute approximate surface area is 140 Å². The molecule has 0 unspecified atom stereocenters. The minimum absolute atomic E-state index is 0.188. The van der Waals surface area contributed by atoms with Crippen molar-refractivity contribution in [3.63, 3.8) is 0 Å². The van der Waals surface area contributed by atoms with Crippen molar-refractivity contribution in [2.24, 2.45) is 0 Å². The molecule has 1 heterocycles. The Morgan fingerprint density at radius 1 is 1.13 bits per heavy atom. The molecule has 0 saturated carbocycles. The van der Waals surface area contributed by atoms with E-state index in [0.29, 0.717) is 0 Å². The van der Waals surface area contributed by atoms with E-state index < -0.39 is 5.60 Å². The molecular weight excluding hydrogens is 288 g/mol. The largest absolute Gasteiger partial charge is 0.444 e. The highest BCUT2D eigenvalue weighted by molar-refractivity contribution is 5.68. The molecule has 4 nitrogen and oxygen atoms in total. The minimum atomic E-state index is -0.420. The van der Waals surface area contributed by atoms with Gasteiger partial charge in [-0.3, -0.25) is 4.90 Å². The molecule has 0 N–H and O–H groups in total. The van der Waals surface area contributed by atoms with E-state index in [9.17, 15) is 4.79 Å². The number of hydrogen-bond acceptors (Lipinski definition) is 3. The van der Waals surface area contributed by atoms with Crippen LogP contribution in [0.5, 0.6) is 0 Å². The molecule has 0 atom stereocenters. The quantitative estimate of drug-likeness (QED) is 0.856. The second-order valence-electron chi connectivity index (χ2n) is 7.49. The lowest BCUT2D eigenvalue weighted by molar-refractivity contribution is 0.0146. The van der Waals surface area contributed by atoms with Crippen molar-refractivity contribution < 1.29 is 9.53 Å². The van der Waals surface area contributed by atoms with Gasteiger partial charge in [0.2, 0.25) is 0 Å². The van der Waals surface area contributed by atoms with Crippen LogP contribution in [0.15, 0.2) is 18.2 Å². The van der Waals surface area contributed by atoms with Crippen molar-refractivity contribution in [3.8, 4) is 0 Å². The molecule has 1 aromatic carbocycles. The van der Waals surface area contributed by atoms with Gasteiger partial charge in [-0.2, -0.15) is 0 Å². The van der Waals surface area contributed by atoms with E-state index >= 15 is 0 Å². The van der Waals surface area contributed by atoms with E-state index in [4.69, 9.17) is 4.74 Å². The van der Waals surface area contributed by atoms with Crippen LogP contribution in [0.4, 0.5) is 4.79 Å². The third-order valence-corrected chi connectivity index (χ3v) is 4.23. The summed E-state index contributed by atoms with van der Waals surface area (Å²) >= 11 is 0. The number of piperazine rings is 1. The number of benzene rings is 1. The van der Waals surface area contributed by atoms with E-state index in [1.54, 1.807) is 0 Å². The van der Waals surface area contributed by atoms with Crippen LogP contribution in [0, 0.1) is 13.8 Å². The number of nitrogens with zero attached hydrogens (tertiary/aromatic N) is 2. The van der Waals surface area contributed by atoms with Crippen molar-refractivity contribution in [3.05, 3.63) is 34.9 Å². The average molecular weight is 318 g/mol. The molecule has 1 aliphatic heterocycles. The average Bonchev–Trinajstić information content (AvgIpc) is 2.47. The Kier molecular flexibility index (Phi) is 5.69. The maximum absolute atomic E-state index is 12.1. The molecule has 1 fully saturated rings. The Hall–Kier alpha value is -1.55. The lowest BCUT2D eigenvalue weighted by Crippen LogP contribution is -2.50. The number of carbonyl (C=O) groups excluding carboxylic acids is 1. The highest BCUT2D eigenvalue weighted by atomic mass is 16.6. The van der Waals surface area contributed by atoms with Crippen LogP contribution in [0.1, 0.15) is 37.5 Å². The number of rotatable bonds is 3. The lowest BCUT2D eigenvalue weighted by atomic mass is 10.0. The van der Waals surface area contributed by atoms with E-state index in [1.165, 1.54) is 16.7 Å². The molecule has 0 bridgehead atoms. The van der Waals surface area contributed by atoms with Gasteiger partial charge in [-0.05, 0) is 52.2 Å². The summed E-state index contributed by atoms with van der Waals surface area (Å²) in [6.07, 6.45) is 0.881. The molecule has 1 aliphatic rings. The SMILES string of the molecule is Cc1ccc(C)c(CCN2CCN(C(=O)OC(C)(C)C)CC2)c1. The summed E-state index contributed by atoms with van der Waals surface area (Å²) in [5.74, 6) is 0. The zero-order chi connectivity index (χ0) is 17.0. The Bertz CT molecular complexity index is 541. The molecule has 4 heteroatoms. The van der Waals surface area contributed by atoms with Gasteiger partial charge in [-0.25, -0.2) is 4.79 Å². The van der Waals surface area contributed by atoms with E-state index in [2.05, 4.69) is 36.9 Å². The van der Waals surface area contributed by atoms with Crippen LogP contribution in [-0.2, 0) is 11.2 Å². The number of ether oxygens (including phenoxy) is 1. The molecule has 0 aliphatic carbocycles. The number of amides is 1.